The molecule has 1 atom stereocenters. The van der Waals surface area contributed by atoms with Crippen molar-refractivity contribution in [3.05, 3.63) is 30.2 Å². The van der Waals surface area contributed by atoms with Gasteiger partial charge in [-0.25, -0.2) is 9.50 Å². The summed E-state index contributed by atoms with van der Waals surface area (Å²) in [5.41, 5.74) is 1.88. The standard InChI is InChI=1S/C9H10ClN3/c1-7(10)6-8-3-5-13-9(12-8)2-4-11-13/h2-5,7H,6H2,1H3. The van der Waals surface area contributed by atoms with E-state index in [4.69, 9.17) is 11.6 Å². The number of aromatic nitrogens is 3. The third kappa shape index (κ3) is 1.80. The van der Waals surface area contributed by atoms with Crippen LogP contribution in [0.5, 0.6) is 0 Å². The highest BCUT2D eigenvalue weighted by atomic mass is 35.5. The Hall–Kier alpha value is -1.09. The molecule has 0 saturated heterocycles. The number of hydrogen-bond donors (Lipinski definition) is 0. The summed E-state index contributed by atoms with van der Waals surface area (Å²) in [6, 6.07) is 3.82. The first-order chi connectivity index (χ1) is 6.25. The quantitative estimate of drug-likeness (QED) is 0.686. The highest BCUT2D eigenvalue weighted by Gasteiger charge is 2.02. The number of halogens is 1. The van der Waals surface area contributed by atoms with E-state index in [-0.39, 0.29) is 5.38 Å². The molecule has 2 aromatic rings. The highest BCUT2D eigenvalue weighted by molar-refractivity contribution is 6.20. The number of alkyl halides is 1. The highest BCUT2D eigenvalue weighted by Crippen LogP contribution is 2.06. The molecule has 4 heteroatoms. The van der Waals surface area contributed by atoms with E-state index in [1.807, 2.05) is 25.3 Å². The van der Waals surface area contributed by atoms with Crippen LogP contribution in [0.15, 0.2) is 24.5 Å². The van der Waals surface area contributed by atoms with Crippen LogP contribution in [-0.2, 0) is 6.42 Å². The summed E-state index contributed by atoms with van der Waals surface area (Å²) in [6.45, 7) is 1.96. The van der Waals surface area contributed by atoms with Crippen LogP contribution in [0.3, 0.4) is 0 Å². The van der Waals surface area contributed by atoms with Gasteiger partial charge in [0.2, 0.25) is 0 Å². The van der Waals surface area contributed by atoms with E-state index in [9.17, 15) is 0 Å². The maximum absolute atomic E-state index is 5.87. The molecule has 3 nitrogen and oxygen atoms in total. The summed E-state index contributed by atoms with van der Waals surface area (Å²) in [5, 5.41) is 4.18. The summed E-state index contributed by atoms with van der Waals surface area (Å²) in [6.07, 6.45) is 4.43. The predicted octanol–water partition coefficient (Wildman–Crippen LogP) is 1.90. The molecule has 0 bridgehead atoms. The van der Waals surface area contributed by atoms with Crippen molar-refractivity contribution >= 4 is 17.2 Å². The maximum Gasteiger partial charge on any atom is 0.155 e. The van der Waals surface area contributed by atoms with Gasteiger partial charge in [0.15, 0.2) is 5.65 Å². The minimum Gasteiger partial charge on any atom is -0.234 e. The van der Waals surface area contributed by atoms with Gasteiger partial charge in [0, 0.05) is 29.8 Å². The molecule has 2 rings (SSSR count). The molecule has 2 heterocycles. The van der Waals surface area contributed by atoms with Crippen molar-refractivity contribution in [3.8, 4) is 0 Å². The van der Waals surface area contributed by atoms with Gasteiger partial charge in [-0.3, -0.25) is 0 Å². The van der Waals surface area contributed by atoms with Crippen LogP contribution in [0, 0.1) is 0 Å². The lowest BCUT2D eigenvalue weighted by molar-refractivity contribution is 0.864. The molecule has 0 amide bonds. The Labute approximate surface area is 81.4 Å². The molecule has 0 N–H and O–H groups in total. The molecule has 0 aromatic carbocycles. The van der Waals surface area contributed by atoms with E-state index in [1.54, 1.807) is 10.7 Å². The SMILES string of the molecule is CC(Cl)Cc1ccn2nccc2n1. The molecule has 0 fully saturated rings. The lowest BCUT2D eigenvalue weighted by Crippen LogP contribution is -2.01. The van der Waals surface area contributed by atoms with E-state index >= 15 is 0 Å². The van der Waals surface area contributed by atoms with E-state index in [1.165, 1.54) is 0 Å². The second-order valence-electron chi connectivity index (χ2n) is 3.04. The van der Waals surface area contributed by atoms with Gasteiger partial charge in [-0.2, -0.15) is 5.10 Å². The zero-order chi connectivity index (χ0) is 9.26. The lowest BCUT2D eigenvalue weighted by Gasteiger charge is -2.01. The maximum atomic E-state index is 5.87. The van der Waals surface area contributed by atoms with Crippen LogP contribution in [0.2, 0.25) is 0 Å². The molecule has 2 aromatic heterocycles. The molecular formula is C9H10ClN3. The molecule has 0 aliphatic carbocycles. The van der Waals surface area contributed by atoms with Gasteiger partial charge in [-0.1, -0.05) is 0 Å². The fourth-order valence-electron chi connectivity index (χ4n) is 1.25. The summed E-state index contributed by atoms with van der Waals surface area (Å²) in [5.74, 6) is 0. The fraction of sp³-hybridized carbons (Fsp3) is 0.333. The molecule has 0 spiro atoms. The first-order valence-electron chi connectivity index (χ1n) is 4.19. The van der Waals surface area contributed by atoms with Gasteiger partial charge in [0.1, 0.15) is 0 Å². The molecule has 68 valence electrons. The van der Waals surface area contributed by atoms with Gasteiger partial charge in [0.05, 0.1) is 6.20 Å². The molecule has 13 heavy (non-hydrogen) atoms. The Morgan fingerprint density at radius 2 is 2.38 bits per heavy atom. The Kier molecular flexibility index (Phi) is 2.19. The second kappa shape index (κ2) is 3.34. The Morgan fingerprint density at radius 1 is 1.54 bits per heavy atom. The molecule has 0 saturated carbocycles. The van der Waals surface area contributed by atoms with Crippen molar-refractivity contribution in [1.82, 2.24) is 14.6 Å². The Balaban J connectivity index is 2.37. The molecule has 0 aliphatic rings. The molecular weight excluding hydrogens is 186 g/mol. The van der Waals surface area contributed by atoms with Crippen molar-refractivity contribution < 1.29 is 0 Å². The van der Waals surface area contributed by atoms with Crippen molar-refractivity contribution in [2.45, 2.75) is 18.7 Å². The predicted molar refractivity (Wildman–Crippen MR) is 52.0 cm³/mol. The monoisotopic (exact) mass is 195 g/mol. The Bertz CT molecular complexity index is 408. The van der Waals surface area contributed by atoms with Gasteiger partial charge >= 0.3 is 0 Å². The average molecular weight is 196 g/mol. The van der Waals surface area contributed by atoms with E-state index in [0.29, 0.717) is 0 Å². The minimum absolute atomic E-state index is 0.123. The van der Waals surface area contributed by atoms with Crippen LogP contribution in [0.4, 0.5) is 0 Å². The van der Waals surface area contributed by atoms with E-state index in [0.717, 1.165) is 17.8 Å². The van der Waals surface area contributed by atoms with Crippen molar-refractivity contribution in [2.24, 2.45) is 0 Å². The summed E-state index contributed by atoms with van der Waals surface area (Å²) in [4.78, 5) is 4.39. The molecule has 0 radical (unpaired) electrons. The van der Waals surface area contributed by atoms with Gasteiger partial charge in [0.25, 0.3) is 0 Å². The lowest BCUT2D eigenvalue weighted by atomic mass is 10.2. The summed E-state index contributed by atoms with van der Waals surface area (Å²) in [7, 11) is 0. The van der Waals surface area contributed by atoms with E-state index < -0.39 is 0 Å². The fourth-order valence-corrected chi connectivity index (χ4v) is 1.41. The number of nitrogens with zero attached hydrogens (tertiary/aromatic N) is 3. The van der Waals surface area contributed by atoms with Crippen LogP contribution < -0.4 is 0 Å². The summed E-state index contributed by atoms with van der Waals surface area (Å²) < 4.78 is 1.74. The van der Waals surface area contributed by atoms with Crippen LogP contribution in [0.25, 0.3) is 5.65 Å². The number of hydrogen-bond acceptors (Lipinski definition) is 2. The van der Waals surface area contributed by atoms with Gasteiger partial charge in [-0.05, 0) is 13.0 Å². The second-order valence-corrected chi connectivity index (χ2v) is 3.78. The zero-order valence-electron chi connectivity index (χ0n) is 7.31. The third-order valence-corrected chi connectivity index (χ3v) is 1.96. The topological polar surface area (TPSA) is 30.2 Å². The first kappa shape index (κ1) is 8.51. The largest absolute Gasteiger partial charge is 0.234 e. The zero-order valence-corrected chi connectivity index (χ0v) is 8.07. The van der Waals surface area contributed by atoms with Gasteiger partial charge < -0.3 is 0 Å². The van der Waals surface area contributed by atoms with E-state index in [2.05, 4.69) is 10.1 Å². The number of rotatable bonds is 2. The Morgan fingerprint density at radius 3 is 3.15 bits per heavy atom. The summed E-state index contributed by atoms with van der Waals surface area (Å²) >= 11 is 5.87. The van der Waals surface area contributed by atoms with Crippen LogP contribution in [0.1, 0.15) is 12.6 Å². The van der Waals surface area contributed by atoms with Crippen LogP contribution >= 0.6 is 11.6 Å². The average Bonchev–Trinajstić information content (AvgIpc) is 2.49. The van der Waals surface area contributed by atoms with Gasteiger partial charge in [-0.15, -0.1) is 11.6 Å². The number of fused-ring (bicyclic) bond motifs is 1. The van der Waals surface area contributed by atoms with Crippen LogP contribution in [-0.4, -0.2) is 20.0 Å². The first-order valence-corrected chi connectivity index (χ1v) is 4.63. The van der Waals surface area contributed by atoms with Crippen molar-refractivity contribution in [2.75, 3.05) is 0 Å². The van der Waals surface area contributed by atoms with Crippen molar-refractivity contribution in [1.29, 1.82) is 0 Å². The molecule has 0 aliphatic heterocycles. The smallest absolute Gasteiger partial charge is 0.155 e. The molecule has 1 unspecified atom stereocenters. The normalized spacial score (nSPS) is 13.4. The minimum atomic E-state index is 0.123. The van der Waals surface area contributed by atoms with Crippen molar-refractivity contribution in [3.63, 3.8) is 0 Å². The third-order valence-electron chi connectivity index (χ3n) is 1.81.